The molecule has 1 atom stereocenters. The van der Waals surface area contributed by atoms with Crippen molar-refractivity contribution >= 4 is 0 Å². The molecular formula is C7H9N. The van der Waals surface area contributed by atoms with Gasteiger partial charge in [0.05, 0.1) is 12.0 Å². The maximum absolute atomic E-state index is 8.40. The first-order valence-electron chi connectivity index (χ1n) is 2.88. The molecule has 0 spiro atoms. The number of rotatable bonds is 0. The number of hydrogen-bond acceptors (Lipinski definition) is 1. The van der Waals surface area contributed by atoms with Crippen molar-refractivity contribution in [1.82, 2.24) is 0 Å². The highest BCUT2D eigenvalue weighted by atomic mass is 14.3. The van der Waals surface area contributed by atoms with Crippen molar-refractivity contribution < 1.29 is 0 Å². The van der Waals surface area contributed by atoms with Crippen molar-refractivity contribution in [2.75, 3.05) is 0 Å². The predicted octanol–water partition coefficient (Wildman–Crippen LogP) is 1.87. The monoisotopic (exact) mass is 107 g/mol. The molecule has 8 heavy (non-hydrogen) atoms. The first kappa shape index (κ1) is 5.37. The summed E-state index contributed by atoms with van der Waals surface area (Å²) in [5.74, 6) is 0.287. The van der Waals surface area contributed by atoms with Gasteiger partial charge < -0.3 is 0 Å². The van der Waals surface area contributed by atoms with Gasteiger partial charge in [-0.15, -0.1) is 0 Å². The van der Waals surface area contributed by atoms with E-state index in [0.717, 1.165) is 12.8 Å². The molecule has 0 saturated carbocycles. The van der Waals surface area contributed by atoms with Crippen LogP contribution in [-0.2, 0) is 0 Å². The Kier molecular flexibility index (Phi) is 1.34. The molecule has 1 aliphatic rings. The van der Waals surface area contributed by atoms with E-state index in [1.165, 1.54) is 5.57 Å². The van der Waals surface area contributed by atoms with E-state index in [0.29, 0.717) is 0 Å². The fourth-order valence-electron chi connectivity index (χ4n) is 0.997. The largest absolute Gasteiger partial charge is 0.198 e. The molecule has 1 rings (SSSR count). The smallest absolute Gasteiger partial charge is 0.0662 e. The first-order valence-corrected chi connectivity index (χ1v) is 2.88. The third-order valence-electron chi connectivity index (χ3n) is 1.50. The average molecular weight is 107 g/mol. The second kappa shape index (κ2) is 2.00. The predicted molar refractivity (Wildman–Crippen MR) is 32.1 cm³/mol. The lowest BCUT2D eigenvalue weighted by Crippen LogP contribution is -1.86. The van der Waals surface area contributed by atoms with Crippen molar-refractivity contribution in [3.8, 4) is 6.07 Å². The van der Waals surface area contributed by atoms with Crippen LogP contribution in [0, 0.1) is 17.2 Å². The van der Waals surface area contributed by atoms with E-state index in [-0.39, 0.29) is 5.92 Å². The molecule has 0 heterocycles. The third-order valence-corrected chi connectivity index (χ3v) is 1.50. The maximum atomic E-state index is 8.40. The minimum Gasteiger partial charge on any atom is -0.198 e. The van der Waals surface area contributed by atoms with Gasteiger partial charge in [0.25, 0.3) is 0 Å². The fourth-order valence-corrected chi connectivity index (χ4v) is 0.997. The van der Waals surface area contributed by atoms with Crippen LogP contribution in [0.3, 0.4) is 0 Å². The molecule has 0 aromatic rings. The van der Waals surface area contributed by atoms with Gasteiger partial charge in [-0.2, -0.15) is 5.26 Å². The zero-order valence-corrected chi connectivity index (χ0v) is 5.02. The molecule has 1 unspecified atom stereocenters. The summed E-state index contributed by atoms with van der Waals surface area (Å²) in [6.07, 6.45) is 4.12. The second-order valence-electron chi connectivity index (χ2n) is 2.32. The number of nitriles is 1. The van der Waals surface area contributed by atoms with Crippen LogP contribution in [0.25, 0.3) is 0 Å². The summed E-state index contributed by atoms with van der Waals surface area (Å²) >= 11 is 0. The highest BCUT2D eigenvalue weighted by Gasteiger charge is 2.11. The van der Waals surface area contributed by atoms with E-state index >= 15 is 0 Å². The fraction of sp³-hybridized carbons (Fsp3) is 0.571. The Morgan fingerprint density at radius 3 is 2.88 bits per heavy atom. The van der Waals surface area contributed by atoms with Gasteiger partial charge in [-0.1, -0.05) is 11.6 Å². The lowest BCUT2D eigenvalue weighted by molar-refractivity contribution is 0.719. The Hall–Kier alpha value is -0.770. The summed E-state index contributed by atoms with van der Waals surface area (Å²) < 4.78 is 0. The van der Waals surface area contributed by atoms with E-state index in [9.17, 15) is 0 Å². The van der Waals surface area contributed by atoms with Gasteiger partial charge in [0.1, 0.15) is 0 Å². The van der Waals surface area contributed by atoms with Crippen molar-refractivity contribution in [3.05, 3.63) is 11.6 Å². The molecule has 1 heteroatoms. The number of allylic oxidation sites excluding steroid dienone is 2. The molecule has 0 bridgehead atoms. The summed E-state index contributed by atoms with van der Waals surface area (Å²) in [6.45, 7) is 2.08. The van der Waals surface area contributed by atoms with Crippen LogP contribution in [-0.4, -0.2) is 0 Å². The van der Waals surface area contributed by atoms with Gasteiger partial charge in [0.15, 0.2) is 0 Å². The van der Waals surface area contributed by atoms with Crippen LogP contribution in [0.2, 0.25) is 0 Å². The molecule has 1 aliphatic carbocycles. The SMILES string of the molecule is CC1=CCC(C#N)C1. The molecular weight excluding hydrogens is 98.1 g/mol. The van der Waals surface area contributed by atoms with Crippen LogP contribution in [0.15, 0.2) is 11.6 Å². The average Bonchev–Trinajstić information content (AvgIpc) is 2.14. The lowest BCUT2D eigenvalue weighted by Gasteiger charge is -1.92. The van der Waals surface area contributed by atoms with Crippen LogP contribution >= 0.6 is 0 Å². The van der Waals surface area contributed by atoms with E-state index in [1.54, 1.807) is 0 Å². The Balaban J connectivity index is 2.47. The molecule has 0 aromatic carbocycles. The quantitative estimate of drug-likeness (QED) is 0.433. The van der Waals surface area contributed by atoms with E-state index in [1.807, 2.05) is 0 Å². The van der Waals surface area contributed by atoms with Crippen molar-refractivity contribution in [2.45, 2.75) is 19.8 Å². The highest BCUT2D eigenvalue weighted by Crippen LogP contribution is 2.22. The second-order valence-corrected chi connectivity index (χ2v) is 2.32. The van der Waals surface area contributed by atoms with Gasteiger partial charge in [-0.3, -0.25) is 0 Å². The summed E-state index contributed by atoms with van der Waals surface area (Å²) in [5, 5.41) is 8.40. The Morgan fingerprint density at radius 1 is 1.88 bits per heavy atom. The Morgan fingerprint density at radius 2 is 2.62 bits per heavy atom. The standard InChI is InChI=1S/C7H9N/c1-6-2-3-7(4-6)5-8/h2,7H,3-4H2,1H3. The summed E-state index contributed by atoms with van der Waals surface area (Å²) in [5.41, 5.74) is 1.37. The minimum absolute atomic E-state index is 0.287. The van der Waals surface area contributed by atoms with Crippen LogP contribution in [0.5, 0.6) is 0 Å². The maximum Gasteiger partial charge on any atom is 0.0662 e. The molecule has 0 fully saturated rings. The molecule has 0 amide bonds. The third kappa shape index (κ3) is 0.894. The summed E-state index contributed by atoms with van der Waals surface area (Å²) in [7, 11) is 0. The van der Waals surface area contributed by atoms with Gasteiger partial charge >= 0.3 is 0 Å². The molecule has 0 aromatic heterocycles. The van der Waals surface area contributed by atoms with Crippen LogP contribution < -0.4 is 0 Å². The molecule has 0 saturated heterocycles. The summed E-state index contributed by atoms with van der Waals surface area (Å²) in [6, 6.07) is 2.24. The van der Waals surface area contributed by atoms with Crippen molar-refractivity contribution in [1.29, 1.82) is 5.26 Å². The zero-order valence-electron chi connectivity index (χ0n) is 5.02. The van der Waals surface area contributed by atoms with Crippen LogP contribution in [0.4, 0.5) is 0 Å². The molecule has 0 N–H and O–H groups in total. The molecule has 0 radical (unpaired) electrons. The lowest BCUT2D eigenvalue weighted by atomic mass is 10.1. The van der Waals surface area contributed by atoms with Gasteiger partial charge in [-0.25, -0.2) is 0 Å². The van der Waals surface area contributed by atoms with E-state index in [4.69, 9.17) is 5.26 Å². The molecule has 42 valence electrons. The molecule has 0 aliphatic heterocycles. The first-order chi connectivity index (χ1) is 3.83. The van der Waals surface area contributed by atoms with Gasteiger partial charge in [0.2, 0.25) is 0 Å². The zero-order chi connectivity index (χ0) is 5.98. The Bertz CT molecular complexity index is 150. The van der Waals surface area contributed by atoms with E-state index < -0.39 is 0 Å². The number of nitrogens with zero attached hydrogens (tertiary/aromatic N) is 1. The number of hydrogen-bond donors (Lipinski definition) is 0. The van der Waals surface area contributed by atoms with Crippen LogP contribution in [0.1, 0.15) is 19.8 Å². The molecule has 1 nitrogen and oxygen atoms in total. The summed E-state index contributed by atoms with van der Waals surface area (Å²) in [4.78, 5) is 0. The van der Waals surface area contributed by atoms with Gasteiger partial charge in [0, 0.05) is 0 Å². The van der Waals surface area contributed by atoms with Crippen molar-refractivity contribution in [3.63, 3.8) is 0 Å². The van der Waals surface area contributed by atoms with Crippen molar-refractivity contribution in [2.24, 2.45) is 5.92 Å². The Labute approximate surface area is 49.6 Å². The van der Waals surface area contributed by atoms with E-state index in [2.05, 4.69) is 19.1 Å². The van der Waals surface area contributed by atoms with Gasteiger partial charge in [-0.05, 0) is 19.8 Å². The minimum atomic E-state index is 0.287. The topological polar surface area (TPSA) is 23.8 Å². The normalized spacial score (nSPS) is 27.0. The highest BCUT2D eigenvalue weighted by molar-refractivity contribution is 5.11.